The van der Waals surface area contributed by atoms with Gasteiger partial charge in [-0.05, 0) is 59.1 Å². The van der Waals surface area contributed by atoms with Crippen molar-refractivity contribution in [3.05, 3.63) is 52.4 Å². The van der Waals surface area contributed by atoms with Gasteiger partial charge >= 0.3 is 0 Å². The van der Waals surface area contributed by atoms with Gasteiger partial charge in [0, 0.05) is 10.5 Å². The molecule has 1 amide bonds. The lowest BCUT2D eigenvalue weighted by Gasteiger charge is -2.22. The monoisotopic (exact) mass is 349 g/mol. The highest BCUT2D eigenvalue weighted by Crippen LogP contribution is 2.32. The van der Waals surface area contributed by atoms with Gasteiger partial charge in [0.05, 0.1) is 25.5 Å². The number of furan rings is 1. The van der Waals surface area contributed by atoms with Crippen molar-refractivity contribution in [2.24, 2.45) is 0 Å². The van der Waals surface area contributed by atoms with Crippen LogP contribution in [0.4, 0.5) is 0 Å². The molecule has 1 aromatic carbocycles. The largest absolute Gasteiger partial charge is 0.497 e. The Balaban J connectivity index is 1.87. The maximum absolute atomic E-state index is 12.8. The lowest BCUT2D eigenvalue weighted by atomic mass is 10.1. The topological polar surface area (TPSA) is 42.7 Å². The summed E-state index contributed by atoms with van der Waals surface area (Å²) >= 11 is 3.45. The van der Waals surface area contributed by atoms with E-state index in [1.165, 1.54) is 0 Å². The van der Waals surface area contributed by atoms with Crippen LogP contribution in [0, 0.1) is 0 Å². The Morgan fingerprint density at radius 3 is 2.86 bits per heavy atom. The Hall–Kier alpha value is -1.75. The number of carbonyl (C=O) groups excluding carboxylic acids is 1. The number of nitrogens with zero attached hydrogens (tertiary/aromatic N) is 1. The van der Waals surface area contributed by atoms with E-state index in [0.717, 1.165) is 23.1 Å². The van der Waals surface area contributed by atoms with E-state index in [1.807, 2.05) is 29.2 Å². The first kappa shape index (κ1) is 14.2. The van der Waals surface area contributed by atoms with Gasteiger partial charge in [0.2, 0.25) is 0 Å². The number of methoxy groups -OCH3 is 1. The Morgan fingerprint density at radius 2 is 2.24 bits per heavy atom. The number of benzene rings is 1. The predicted molar refractivity (Wildman–Crippen MR) is 82.3 cm³/mol. The molecule has 21 heavy (non-hydrogen) atoms. The second-order valence-electron chi connectivity index (χ2n) is 5.09. The first-order chi connectivity index (χ1) is 10.2. The van der Waals surface area contributed by atoms with Crippen molar-refractivity contribution in [1.29, 1.82) is 0 Å². The van der Waals surface area contributed by atoms with Crippen molar-refractivity contribution >= 4 is 21.8 Å². The van der Waals surface area contributed by atoms with Crippen molar-refractivity contribution in [2.75, 3.05) is 7.11 Å². The standard InChI is InChI=1S/C16H16BrNO3/c1-20-12-6-7-15(17)14(9-12)16(19)18(11-4-5-11)10-13-3-2-8-21-13/h2-3,6-9,11H,4-5,10H2,1H3. The molecule has 0 unspecified atom stereocenters. The highest BCUT2D eigenvalue weighted by Gasteiger charge is 2.34. The van der Waals surface area contributed by atoms with E-state index in [9.17, 15) is 4.79 Å². The zero-order chi connectivity index (χ0) is 14.8. The fourth-order valence-electron chi connectivity index (χ4n) is 2.27. The molecule has 0 bridgehead atoms. The summed E-state index contributed by atoms with van der Waals surface area (Å²) in [7, 11) is 1.60. The molecule has 110 valence electrons. The molecule has 3 rings (SSSR count). The van der Waals surface area contributed by atoms with Gasteiger partial charge in [-0.15, -0.1) is 0 Å². The van der Waals surface area contributed by atoms with Crippen LogP contribution in [0.5, 0.6) is 5.75 Å². The van der Waals surface area contributed by atoms with Gasteiger partial charge in [-0.3, -0.25) is 4.79 Å². The van der Waals surface area contributed by atoms with Gasteiger partial charge in [0.25, 0.3) is 5.91 Å². The first-order valence-corrected chi connectivity index (χ1v) is 7.65. The van der Waals surface area contributed by atoms with E-state index < -0.39 is 0 Å². The van der Waals surface area contributed by atoms with E-state index in [-0.39, 0.29) is 5.91 Å². The van der Waals surface area contributed by atoms with E-state index >= 15 is 0 Å². The molecule has 0 N–H and O–H groups in total. The van der Waals surface area contributed by atoms with Gasteiger partial charge in [-0.2, -0.15) is 0 Å². The molecular weight excluding hydrogens is 334 g/mol. The van der Waals surface area contributed by atoms with Gasteiger partial charge < -0.3 is 14.1 Å². The highest BCUT2D eigenvalue weighted by atomic mass is 79.9. The molecule has 0 spiro atoms. The number of carbonyl (C=O) groups is 1. The third-order valence-electron chi connectivity index (χ3n) is 3.56. The average Bonchev–Trinajstić information content (AvgIpc) is 3.21. The van der Waals surface area contributed by atoms with Crippen molar-refractivity contribution in [3.63, 3.8) is 0 Å². The molecule has 0 aliphatic heterocycles. The summed E-state index contributed by atoms with van der Waals surface area (Å²) in [6.07, 6.45) is 3.73. The molecule has 1 aliphatic carbocycles. The van der Waals surface area contributed by atoms with Gasteiger partial charge in [-0.1, -0.05) is 0 Å². The molecular formula is C16H16BrNO3. The molecule has 0 atom stereocenters. The van der Waals surface area contributed by atoms with Crippen LogP contribution in [0.15, 0.2) is 45.5 Å². The van der Waals surface area contributed by atoms with Crippen LogP contribution in [0.3, 0.4) is 0 Å². The molecule has 4 nitrogen and oxygen atoms in total. The van der Waals surface area contributed by atoms with Crippen LogP contribution in [-0.4, -0.2) is 24.0 Å². The Kier molecular flexibility index (Phi) is 4.01. The molecule has 1 fully saturated rings. The normalized spacial score (nSPS) is 14.0. The number of hydrogen-bond donors (Lipinski definition) is 0. The molecule has 1 aromatic heterocycles. The fraction of sp³-hybridized carbons (Fsp3) is 0.312. The maximum atomic E-state index is 12.8. The highest BCUT2D eigenvalue weighted by molar-refractivity contribution is 9.10. The smallest absolute Gasteiger partial charge is 0.255 e. The number of rotatable bonds is 5. The third-order valence-corrected chi connectivity index (χ3v) is 4.25. The SMILES string of the molecule is COc1ccc(Br)c(C(=O)N(Cc2ccco2)C2CC2)c1. The zero-order valence-electron chi connectivity index (χ0n) is 11.7. The predicted octanol–water partition coefficient (Wildman–Crippen LogP) is 3.86. The van der Waals surface area contributed by atoms with E-state index in [4.69, 9.17) is 9.15 Å². The summed E-state index contributed by atoms with van der Waals surface area (Å²) in [6, 6.07) is 9.47. The Bertz CT molecular complexity index is 635. The Labute approximate surface area is 131 Å². The van der Waals surface area contributed by atoms with Crippen molar-refractivity contribution in [1.82, 2.24) is 4.90 Å². The molecule has 0 radical (unpaired) electrons. The number of ether oxygens (including phenoxy) is 1. The summed E-state index contributed by atoms with van der Waals surface area (Å²) in [5.41, 5.74) is 0.618. The molecule has 0 saturated heterocycles. The minimum absolute atomic E-state index is 0.000301. The van der Waals surface area contributed by atoms with Crippen molar-refractivity contribution < 1.29 is 13.9 Å². The van der Waals surface area contributed by atoms with Gasteiger partial charge in [0.1, 0.15) is 11.5 Å². The van der Waals surface area contributed by atoms with Crippen LogP contribution in [-0.2, 0) is 6.54 Å². The lowest BCUT2D eigenvalue weighted by Crippen LogP contribution is -2.32. The summed E-state index contributed by atoms with van der Waals surface area (Å²) < 4.78 is 11.4. The van der Waals surface area contributed by atoms with Crippen LogP contribution in [0.1, 0.15) is 29.0 Å². The third kappa shape index (κ3) is 3.13. The second-order valence-corrected chi connectivity index (χ2v) is 5.94. The minimum Gasteiger partial charge on any atom is -0.497 e. The summed E-state index contributed by atoms with van der Waals surface area (Å²) in [6.45, 7) is 0.500. The molecule has 2 aromatic rings. The summed E-state index contributed by atoms with van der Waals surface area (Å²) in [5, 5.41) is 0. The van der Waals surface area contributed by atoms with Crippen molar-refractivity contribution in [3.8, 4) is 5.75 Å². The van der Waals surface area contributed by atoms with Crippen LogP contribution in [0.25, 0.3) is 0 Å². The first-order valence-electron chi connectivity index (χ1n) is 6.86. The van der Waals surface area contributed by atoms with Crippen LogP contribution in [0.2, 0.25) is 0 Å². The molecule has 5 heteroatoms. The summed E-state index contributed by atoms with van der Waals surface area (Å²) in [4.78, 5) is 14.7. The molecule has 1 heterocycles. The maximum Gasteiger partial charge on any atom is 0.255 e. The quantitative estimate of drug-likeness (QED) is 0.823. The van der Waals surface area contributed by atoms with E-state index in [0.29, 0.717) is 23.9 Å². The minimum atomic E-state index is -0.000301. The van der Waals surface area contributed by atoms with Crippen LogP contribution >= 0.6 is 15.9 Å². The van der Waals surface area contributed by atoms with Crippen LogP contribution < -0.4 is 4.74 Å². The fourth-order valence-corrected chi connectivity index (χ4v) is 2.69. The molecule has 1 saturated carbocycles. The lowest BCUT2D eigenvalue weighted by molar-refractivity contribution is 0.0716. The number of hydrogen-bond acceptors (Lipinski definition) is 3. The average molecular weight is 350 g/mol. The number of amides is 1. The summed E-state index contributed by atoms with van der Waals surface area (Å²) in [5.74, 6) is 1.48. The van der Waals surface area contributed by atoms with E-state index in [1.54, 1.807) is 19.4 Å². The molecule has 1 aliphatic rings. The Morgan fingerprint density at radius 1 is 1.43 bits per heavy atom. The second kappa shape index (κ2) is 5.93. The number of halogens is 1. The van der Waals surface area contributed by atoms with Gasteiger partial charge in [-0.25, -0.2) is 0 Å². The van der Waals surface area contributed by atoms with E-state index in [2.05, 4.69) is 15.9 Å². The van der Waals surface area contributed by atoms with Gasteiger partial charge in [0.15, 0.2) is 0 Å². The van der Waals surface area contributed by atoms with Crippen molar-refractivity contribution in [2.45, 2.75) is 25.4 Å². The zero-order valence-corrected chi connectivity index (χ0v) is 13.3.